The van der Waals surface area contributed by atoms with Gasteiger partial charge < -0.3 is 4.90 Å². The molecule has 1 atom stereocenters. The Kier molecular flexibility index (Phi) is 13.2. The summed E-state index contributed by atoms with van der Waals surface area (Å²) >= 11 is 0. The summed E-state index contributed by atoms with van der Waals surface area (Å²) in [5.74, 6) is 0.600. The van der Waals surface area contributed by atoms with Gasteiger partial charge in [-0.3, -0.25) is 4.99 Å². The summed E-state index contributed by atoms with van der Waals surface area (Å²) in [5, 5.41) is 4.02. The Labute approximate surface area is 366 Å². The standard InChI is InChI=1S/C55H47N5.C2H6/c1-8-22-38(10-3)36(5)34-46(54-57-48-30-20-18-28-44(48)52(59-54)40-24-14-12-15-25-40)42-32-33-43-47(35-50(39(11-4)23-9-2)56-51(43)37(42)6)55-58-49-31-21-19-29-45(49)53(60(55)7)41-26-16-13-17-27-41;1-2/h8-35,55H,2,4-5H2,1,3,6-7H3;1-2H3/b22-8-,38-10+,39-23+,46-34+;. The third-order valence-electron chi connectivity index (χ3n) is 11.1. The molecule has 2 aromatic heterocycles. The minimum atomic E-state index is -0.357. The van der Waals surface area contributed by atoms with Crippen molar-refractivity contribution in [3.05, 3.63) is 245 Å². The molecule has 8 rings (SSSR count). The Balaban J connectivity index is 0.00000285. The van der Waals surface area contributed by atoms with Crippen LogP contribution in [-0.2, 0) is 0 Å². The first-order valence-corrected chi connectivity index (χ1v) is 21.2. The van der Waals surface area contributed by atoms with Gasteiger partial charge in [0.25, 0.3) is 0 Å². The molecule has 0 aliphatic carbocycles. The maximum absolute atomic E-state index is 5.44. The van der Waals surface area contributed by atoms with Gasteiger partial charge in [-0.25, -0.2) is 15.0 Å². The molecule has 0 bridgehead atoms. The van der Waals surface area contributed by atoms with Crippen LogP contribution in [0.1, 0.15) is 67.6 Å². The molecule has 5 heteroatoms. The highest BCUT2D eigenvalue weighted by Gasteiger charge is 2.28. The molecule has 0 radical (unpaired) electrons. The Morgan fingerprint density at radius 3 is 2.11 bits per heavy atom. The number of hydrogen-bond acceptors (Lipinski definition) is 5. The SMILES string of the molecule is C=C/C=C(\C=C)c1cc(C2N=c3ccccc3=C(c3ccccc3)N2C)c2ccc(/C(=C\C(=C)C(/C=C\C)=C/C)c3nc(-c4ccccc4)c4ccccc4n3)c(C)c2n1.CC. The number of rotatable bonds is 11. The molecule has 1 aliphatic rings. The van der Waals surface area contributed by atoms with Crippen LogP contribution in [0.5, 0.6) is 0 Å². The molecule has 0 amide bonds. The molecule has 1 unspecified atom stereocenters. The Bertz CT molecular complexity index is 3080. The van der Waals surface area contributed by atoms with Crippen LogP contribution in [0.4, 0.5) is 0 Å². The summed E-state index contributed by atoms with van der Waals surface area (Å²) in [6.45, 7) is 22.9. The number of nitrogens with zero attached hydrogens (tertiary/aromatic N) is 5. The number of aromatic nitrogens is 3. The van der Waals surface area contributed by atoms with Gasteiger partial charge in [0.05, 0.1) is 33.5 Å². The predicted molar refractivity (Wildman–Crippen MR) is 263 cm³/mol. The van der Waals surface area contributed by atoms with Crippen molar-refractivity contribution < 1.29 is 0 Å². The lowest BCUT2D eigenvalue weighted by atomic mass is 9.91. The molecule has 0 saturated heterocycles. The van der Waals surface area contributed by atoms with Gasteiger partial charge in [0.2, 0.25) is 0 Å². The fraction of sp³-hybridized carbons (Fsp3) is 0.123. The molecule has 0 fully saturated rings. The summed E-state index contributed by atoms with van der Waals surface area (Å²) in [6, 6.07) is 43.9. The number of hydrogen-bond donors (Lipinski definition) is 0. The average molecular weight is 808 g/mol. The van der Waals surface area contributed by atoms with E-state index in [9.17, 15) is 0 Å². The van der Waals surface area contributed by atoms with Crippen molar-refractivity contribution in [1.29, 1.82) is 0 Å². The number of benzene rings is 5. The van der Waals surface area contributed by atoms with Crippen LogP contribution in [0.15, 0.2) is 206 Å². The van der Waals surface area contributed by atoms with E-state index in [-0.39, 0.29) is 6.17 Å². The van der Waals surface area contributed by atoms with Gasteiger partial charge in [0.15, 0.2) is 5.82 Å². The van der Waals surface area contributed by atoms with Crippen molar-refractivity contribution in [1.82, 2.24) is 19.9 Å². The molecule has 1 aliphatic heterocycles. The zero-order valence-corrected chi connectivity index (χ0v) is 36.6. The second kappa shape index (κ2) is 19.3. The quantitative estimate of drug-likeness (QED) is 0.122. The molecule has 62 heavy (non-hydrogen) atoms. The van der Waals surface area contributed by atoms with Crippen LogP contribution in [0.25, 0.3) is 49.9 Å². The van der Waals surface area contributed by atoms with Crippen LogP contribution >= 0.6 is 0 Å². The fourth-order valence-corrected chi connectivity index (χ4v) is 8.15. The van der Waals surface area contributed by atoms with Gasteiger partial charge in [0, 0.05) is 39.7 Å². The van der Waals surface area contributed by atoms with Gasteiger partial charge in [0.1, 0.15) is 6.17 Å². The molecular formula is C57H53N5. The van der Waals surface area contributed by atoms with E-state index in [1.807, 2.05) is 76.3 Å². The van der Waals surface area contributed by atoms with Crippen molar-refractivity contribution in [3.8, 4) is 11.3 Å². The maximum Gasteiger partial charge on any atom is 0.161 e. The zero-order chi connectivity index (χ0) is 43.8. The van der Waals surface area contributed by atoms with Crippen LogP contribution in [-0.4, -0.2) is 26.9 Å². The van der Waals surface area contributed by atoms with Gasteiger partial charge in [-0.2, -0.15) is 0 Å². The Hall–Kier alpha value is -7.50. The lowest BCUT2D eigenvalue weighted by molar-refractivity contribution is 0.353. The van der Waals surface area contributed by atoms with Gasteiger partial charge in [-0.05, 0) is 78.5 Å². The first kappa shape index (κ1) is 42.6. The van der Waals surface area contributed by atoms with E-state index in [1.54, 1.807) is 6.08 Å². The van der Waals surface area contributed by atoms with E-state index in [1.165, 1.54) is 0 Å². The number of pyridine rings is 1. The Morgan fingerprint density at radius 2 is 1.42 bits per heavy atom. The van der Waals surface area contributed by atoms with Gasteiger partial charge in [-0.15, -0.1) is 0 Å². The van der Waals surface area contributed by atoms with Crippen LogP contribution < -0.4 is 10.6 Å². The zero-order valence-electron chi connectivity index (χ0n) is 36.6. The van der Waals surface area contributed by atoms with E-state index in [4.69, 9.17) is 19.9 Å². The molecule has 0 N–H and O–H groups in total. The third kappa shape index (κ3) is 8.30. The average Bonchev–Trinajstić information content (AvgIpc) is 3.32. The van der Waals surface area contributed by atoms with E-state index >= 15 is 0 Å². The second-order valence-corrected chi connectivity index (χ2v) is 14.7. The second-order valence-electron chi connectivity index (χ2n) is 14.7. The monoisotopic (exact) mass is 807 g/mol. The normalized spacial score (nSPS) is 14.3. The van der Waals surface area contributed by atoms with Gasteiger partial charge in [-0.1, -0.05) is 179 Å². The van der Waals surface area contributed by atoms with Crippen molar-refractivity contribution in [2.24, 2.45) is 4.99 Å². The summed E-state index contributed by atoms with van der Waals surface area (Å²) in [6.07, 6.45) is 13.5. The van der Waals surface area contributed by atoms with Crippen molar-refractivity contribution in [3.63, 3.8) is 0 Å². The highest BCUT2D eigenvalue weighted by molar-refractivity contribution is 5.97. The highest BCUT2D eigenvalue weighted by atomic mass is 15.2. The third-order valence-corrected chi connectivity index (χ3v) is 11.1. The lowest BCUT2D eigenvalue weighted by Crippen LogP contribution is -2.40. The summed E-state index contributed by atoms with van der Waals surface area (Å²) in [4.78, 5) is 23.7. The highest BCUT2D eigenvalue weighted by Crippen LogP contribution is 2.39. The molecule has 306 valence electrons. The molecule has 5 nitrogen and oxygen atoms in total. The number of allylic oxidation sites excluding steroid dienone is 10. The van der Waals surface area contributed by atoms with E-state index < -0.39 is 0 Å². The van der Waals surface area contributed by atoms with Crippen molar-refractivity contribution >= 4 is 38.6 Å². The minimum absolute atomic E-state index is 0.357. The van der Waals surface area contributed by atoms with Crippen molar-refractivity contribution in [2.75, 3.05) is 7.05 Å². The Morgan fingerprint density at radius 1 is 0.742 bits per heavy atom. The number of fused-ring (bicyclic) bond motifs is 3. The lowest BCUT2D eigenvalue weighted by Gasteiger charge is -2.33. The molecule has 5 aromatic carbocycles. The summed E-state index contributed by atoms with van der Waals surface area (Å²) < 4.78 is 0. The van der Waals surface area contributed by atoms with E-state index in [0.29, 0.717) is 5.82 Å². The number of para-hydroxylation sites is 2. The fourth-order valence-electron chi connectivity index (χ4n) is 8.15. The van der Waals surface area contributed by atoms with E-state index in [2.05, 4.69) is 154 Å². The molecule has 7 aromatic rings. The molecule has 0 spiro atoms. The first-order valence-electron chi connectivity index (χ1n) is 21.2. The summed E-state index contributed by atoms with van der Waals surface area (Å²) in [5.41, 5.74) is 13.1. The molecule has 0 saturated carbocycles. The van der Waals surface area contributed by atoms with Crippen LogP contribution in [0.3, 0.4) is 0 Å². The summed E-state index contributed by atoms with van der Waals surface area (Å²) in [7, 11) is 2.13. The number of aryl methyl sites for hydroxylation is 1. The predicted octanol–water partition coefficient (Wildman–Crippen LogP) is 12.9. The van der Waals surface area contributed by atoms with Gasteiger partial charge >= 0.3 is 0 Å². The first-order chi connectivity index (χ1) is 30.3. The van der Waals surface area contributed by atoms with E-state index in [0.717, 1.165) is 99.6 Å². The van der Waals surface area contributed by atoms with Crippen LogP contribution in [0.2, 0.25) is 0 Å². The maximum atomic E-state index is 5.44. The van der Waals surface area contributed by atoms with Crippen molar-refractivity contribution in [2.45, 2.75) is 40.8 Å². The van der Waals surface area contributed by atoms with Crippen LogP contribution in [0, 0.1) is 6.92 Å². The smallest absolute Gasteiger partial charge is 0.161 e. The minimum Gasteiger partial charge on any atom is -0.348 e. The molecular weight excluding hydrogens is 755 g/mol. The topological polar surface area (TPSA) is 54.3 Å². The largest absolute Gasteiger partial charge is 0.348 e. The molecule has 3 heterocycles.